The Morgan fingerprint density at radius 1 is 1.20 bits per heavy atom. The Labute approximate surface area is 131 Å². The average Bonchev–Trinajstić information content (AvgIpc) is 2.38. The third-order valence-electron chi connectivity index (χ3n) is 4.45. The van der Waals surface area contributed by atoms with Gasteiger partial charge in [0.05, 0.1) is 7.11 Å². The van der Waals surface area contributed by atoms with Crippen molar-refractivity contribution in [2.24, 2.45) is 11.7 Å². The van der Waals surface area contributed by atoms with Gasteiger partial charge in [-0.05, 0) is 48.9 Å². The molecule has 112 valence electrons. The maximum Gasteiger partial charge on any atom is 0.122 e. The van der Waals surface area contributed by atoms with Crippen LogP contribution in [0.25, 0.3) is 0 Å². The van der Waals surface area contributed by atoms with E-state index in [1.54, 1.807) is 7.11 Å². The molecule has 1 unspecified atom stereocenters. The molecule has 0 heterocycles. The first-order valence-electron chi connectivity index (χ1n) is 7.78. The maximum atomic E-state index is 6.50. The number of benzene rings is 1. The maximum absolute atomic E-state index is 6.50. The highest BCUT2D eigenvalue weighted by atomic mass is 79.9. The van der Waals surface area contributed by atoms with Crippen molar-refractivity contribution in [2.75, 3.05) is 7.11 Å². The molecule has 0 bridgehead atoms. The summed E-state index contributed by atoms with van der Waals surface area (Å²) in [5.74, 6) is 1.62. The minimum absolute atomic E-state index is 0.247. The number of rotatable bonds is 4. The molecule has 2 rings (SSSR count). The van der Waals surface area contributed by atoms with Crippen LogP contribution in [0.15, 0.2) is 22.7 Å². The lowest BCUT2D eigenvalue weighted by Gasteiger charge is -2.26. The molecule has 0 aromatic heterocycles. The van der Waals surface area contributed by atoms with Crippen LogP contribution in [0.4, 0.5) is 0 Å². The summed E-state index contributed by atoms with van der Waals surface area (Å²) in [6, 6.07) is 6.42. The summed E-state index contributed by atoms with van der Waals surface area (Å²) in [4.78, 5) is 0. The molecule has 0 saturated heterocycles. The van der Waals surface area contributed by atoms with Crippen molar-refractivity contribution in [3.05, 3.63) is 28.2 Å². The summed E-state index contributed by atoms with van der Waals surface area (Å²) in [6.07, 6.45) is 10.3. The summed E-state index contributed by atoms with van der Waals surface area (Å²) in [5, 5.41) is 0. The molecule has 1 fully saturated rings. The largest absolute Gasteiger partial charge is 0.496 e. The van der Waals surface area contributed by atoms with Crippen LogP contribution in [0.3, 0.4) is 0 Å². The first-order valence-corrected chi connectivity index (χ1v) is 8.58. The molecular formula is C17H26BrNO. The van der Waals surface area contributed by atoms with E-state index in [9.17, 15) is 0 Å². The van der Waals surface area contributed by atoms with E-state index in [2.05, 4.69) is 22.0 Å². The second kappa shape index (κ2) is 8.04. The highest BCUT2D eigenvalue weighted by molar-refractivity contribution is 9.10. The molecular weight excluding hydrogens is 314 g/mol. The van der Waals surface area contributed by atoms with E-state index >= 15 is 0 Å². The molecule has 3 heteroatoms. The van der Waals surface area contributed by atoms with Gasteiger partial charge < -0.3 is 10.5 Å². The van der Waals surface area contributed by atoms with E-state index < -0.39 is 0 Å². The van der Waals surface area contributed by atoms with Crippen molar-refractivity contribution < 1.29 is 4.74 Å². The highest BCUT2D eigenvalue weighted by Crippen LogP contribution is 2.29. The second-order valence-corrected chi connectivity index (χ2v) is 6.85. The van der Waals surface area contributed by atoms with Gasteiger partial charge >= 0.3 is 0 Å². The van der Waals surface area contributed by atoms with Gasteiger partial charge in [0, 0.05) is 10.5 Å². The van der Waals surface area contributed by atoms with Crippen LogP contribution in [0, 0.1) is 5.92 Å². The van der Waals surface area contributed by atoms with Gasteiger partial charge in [-0.25, -0.2) is 0 Å². The fourth-order valence-corrected chi connectivity index (χ4v) is 3.65. The molecule has 1 aromatic rings. The number of ether oxygens (including phenoxy) is 1. The molecule has 0 spiro atoms. The minimum Gasteiger partial charge on any atom is -0.496 e. The molecule has 1 aliphatic rings. The molecule has 0 aliphatic heterocycles. The monoisotopic (exact) mass is 339 g/mol. The molecule has 2 N–H and O–H groups in total. The molecule has 1 atom stereocenters. The lowest BCUT2D eigenvalue weighted by atomic mass is 9.83. The third-order valence-corrected chi connectivity index (χ3v) is 4.95. The van der Waals surface area contributed by atoms with Crippen molar-refractivity contribution in [3.8, 4) is 5.75 Å². The normalized spacial score (nSPS) is 19.1. The van der Waals surface area contributed by atoms with Crippen molar-refractivity contribution in [3.63, 3.8) is 0 Å². The third kappa shape index (κ3) is 4.49. The quantitative estimate of drug-likeness (QED) is 0.863. The Kier molecular flexibility index (Phi) is 6.37. The Hall–Kier alpha value is -0.540. The smallest absolute Gasteiger partial charge is 0.122 e. The standard InChI is InChI=1S/C17H26BrNO/c1-20-17-10-9-15(18)11-14(17)12-16(19)13-7-5-3-2-4-6-8-13/h9-11,13,16H,2-8,12,19H2,1H3. The van der Waals surface area contributed by atoms with Gasteiger partial charge in [0.25, 0.3) is 0 Å². The lowest BCUT2D eigenvalue weighted by molar-refractivity contribution is 0.319. The molecule has 0 amide bonds. The Morgan fingerprint density at radius 3 is 2.50 bits per heavy atom. The zero-order valence-corrected chi connectivity index (χ0v) is 14.0. The van der Waals surface area contributed by atoms with E-state index in [0.717, 1.165) is 16.6 Å². The highest BCUT2D eigenvalue weighted by Gasteiger charge is 2.20. The van der Waals surface area contributed by atoms with Crippen LogP contribution in [-0.2, 0) is 6.42 Å². The minimum atomic E-state index is 0.247. The van der Waals surface area contributed by atoms with Gasteiger partial charge in [-0.1, -0.05) is 48.0 Å². The first kappa shape index (κ1) is 15.8. The van der Waals surface area contributed by atoms with E-state index in [4.69, 9.17) is 10.5 Å². The van der Waals surface area contributed by atoms with Crippen LogP contribution >= 0.6 is 15.9 Å². The lowest BCUT2D eigenvalue weighted by Crippen LogP contribution is -2.33. The van der Waals surface area contributed by atoms with Crippen molar-refractivity contribution in [2.45, 2.75) is 57.4 Å². The Balaban J connectivity index is 2.02. The number of methoxy groups -OCH3 is 1. The van der Waals surface area contributed by atoms with Gasteiger partial charge in [-0.2, -0.15) is 0 Å². The zero-order valence-electron chi connectivity index (χ0n) is 12.4. The summed E-state index contributed by atoms with van der Waals surface area (Å²) in [7, 11) is 1.73. The number of hydrogen-bond acceptors (Lipinski definition) is 2. The zero-order chi connectivity index (χ0) is 14.4. The fraction of sp³-hybridized carbons (Fsp3) is 0.647. The molecule has 1 aliphatic carbocycles. The summed E-state index contributed by atoms with van der Waals surface area (Å²) < 4.78 is 6.55. The van der Waals surface area contributed by atoms with Crippen molar-refractivity contribution >= 4 is 15.9 Å². The molecule has 0 radical (unpaired) electrons. The first-order chi connectivity index (χ1) is 9.70. The SMILES string of the molecule is COc1ccc(Br)cc1CC(N)C1CCCCCCC1. The predicted octanol–water partition coefficient (Wildman–Crippen LogP) is 4.69. The van der Waals surface area contributed by atoms with Gasteiger partial charge in [-0.3, -0.25) is 0 Å². The van der Waals surface area contributed by atoms with Crippen LogP contribution in [-0.4, -0.2) is 13.2 Å². The molecule has 2 nitrogen and oxygen atoms in total. The van der Waals surface area contributed by atoms with Crippen molar-refractivity contribution in [1.82, 2.24) is 0 Å². The number of halogens is 1. The van der Waals surface area contributed by atoms with Crippen LogP contribution < -0.4 is 10.5 Å². The molecule has 1 saturated carbocycles. The topological polar surface area (TPSA) is 35.2 Å². The van der Waals surface area contributed by atoms with Crippen molar-refractivity contribution in [1.29, 1.82) is 0 Å². The number of hydrogen-bond donors (Lipinski definition) is 1. The van der Waals surface area contributed by atoms with E-state index in [1.165, 1.54) is 50.5 Å². The summed E-state index contributed by atoms with van der Waals surface area (Å²) >= 11 is 3.54. The fourth-order valence-electron chi connectivity index (χ4n) is 3.24. The predicted molar refractivity (Wildman–Crippen MR) is 88.2 cm³/mol. The Morgan fingerprint density at radius 2 is 1.85 bits per heavy atom. The summed E-state index contributed by atoms with van der Waals surface area (Å²) in [6.45, 7) is 0. The van der Waals surface area contributed by atoms with Gasteiger partial charge in [0.15, 0.2) is 0 Å². The molecule has 1 aromatic carbocycles. The van der Waals surface area contributed by atoms with Gasteiger partial charge in [0.1, 0.15) is 5.75 Å². The average molecular weight is 340 g/mol. The molecule has 20 heavy (non-hydrogen) atoms. The summed E-state index contributed by atoms with van der Waals surface area (Å²) in [5.41, 5.74) is 7.72. The Bertz CT molecular complexity index is 413. The van der Waals surface area contributed by atoms with Crippen LogP contribution in [0.1, 0.15) is 50.5 Å². The second-order valence-electron chi connectivity index (χ2n) is 5.93. The number of nitrogens with two attached hydrogens (primary N) is 1. The van der Waals surface area contributed by atoms with Crippen LogP contribution in [0.2, 0.25) is 0 Å². The van der Waals surface area contributed by atoms with E-state index in [0.29, 0.717) is 5.92 Å². The van der Waals surface area contributed by atoms with E-state index in [-0.39, 0.29) is 6.04 Å². The van der Waals surface area contributed by atoms with Crippen LogP contribution in [0.5, 0.6) is 5.75 Å². The van der Waals surface area contributed by atoms with Gasteiger partial charge in [-0.15, -0.1) is 0 Å². The van der Waals surface area contributed by atoms with Gasteiger partial charge in [0.2, 0.25) is 0 Å². The van der Waals surface area contributed by atoms with E-state index in [1.807, 2.05) is 12.1 Å².